The fourth-order valence-electron chi connectivity index (χ4n) is 3.68. The molecular formula is C25H36O4. The quantitative estimate of drug-likeness (QED) is 0.271. The molecule has 0 saturated heterocycles. The summed E-state index contributed by atoms with van der Waals surface area (Å²) >= 11 is 0. The number of hydrogen-bond acceptors (Lipinski definition) is 3. The Morgan fingerprint density at radius 1 is 0.897 bits per heavy atom. The zero-order valence-corrected chi connectivity index (χ0v) is 17.9. The van der Waals surface area contributed by atoms with Crippen LogP contribution >= 0.6 is 0 Å². The van der Waals surface area contributed by atoms with Crippen molar-refractivity contribution in [2.75, 3.05) is 6.79 Å². The maximum Gasteiger partial charge on any atom is 0.340 e. The molecule has 1 aromatic carbocycles. The Morgan fingerprint density at radius 3 is 2.07 bits per heavy atom. The Hall–Kier alpha value is -2.15. The van der Waals surface area contributed by atoms with Crippen molar-refractivity contribution in [3.8, 4) is 23.3 Å². The Bertz CT molecular complexity index is 684. The highest BCUT2D eigenvalue weighted by molar-refractivity contribution is 5.95. The highest BCUT2D eigenvalue weighted by Gasteiger charge is 2.24. The first-order chi connectivity index (χ1) is 14.2. The first-order valence-corrected chi connectivity index (χ1v) is 11.4. The molecule has 0 fully saturated rings. The van der Waals surface area contributed by atoms with Gasteiger partial charge < -0.3 is 14.6 Å². The van der Waals surface area contributed by atoms with E-state index in [2.05, 4.69) is 18.8 Å². The monoisotopic (exact) mass is 400 g/mol. The largest absolute Gasteiger partial charge is 0.478 e. The van der Waals surface area contributed by atoms with E-state index in [0.29, 0.717) is 17.1 Å². The van der Waals surface area contributed by atoms with Gasteiger partial charge in [-0.15, -0.1) is 0 Å². The molecule has 1 aliphatic heterocycles. The molecule has 1 heterocycles. The second-order valence-corrected chi connectivity index (χ2v) is 7.82. The molecule has 4 nitrogen and oxygen atoms in total. The van der Waals surface area contributed by atoms with E-state index < -0.39 is 5.97 Å². The Kier molecular flexibility index (Phi) is 11.1. The van der Waals surface area contributed by atoms with Gasteiger partial charge in [0, 0.05) is 12.0 Å². The number of rotatable bonds is 14. The van der Waals surface area contributed by atoms with E-state index in [1.807, 2.05) is 0 Å². The topological polar surface area (TPSA) is 55.8 Å². The molecule has 0 radical (unpaired) electrons. The summed E-state index contributed by atoms with van der Waals surface area (Å²) in [7, 11) is 0. The van der Waals surface area contributed by atoms with E-state index in [1.165, 1.54) is 77.0 Å². The first-order valence-electron chi connectivity index (χ1n) is 11.4. The van der Waals surface area contributed by atoms with Gasteiger partial charge in [-0.25, -0.2) is 4.79 Å². The minimum absolute atomic E-state index is 0.0610. The number of aromatic carboxylic acids is 1. The van der Waals surface area contributed by atoms with E-state index in [1.54, 1.807) is 12.1 Å². The van der Waals surface area contributed by atoms with Crippen molar-refractivity contribution < 1.29 is 19.4 Å². The molecule has 1 N–H and O–H groups in total. The van der Waals surface area contributed by atoms with Crippen molar-refractivity contribution in [2.45, 2.75) is 96.8 Å². The Balaban J connectivity index is 1.54. The molecule has 2 rings (SSSR count). The van der Waals surface area contributed by atoms with Crippen LogP contribution in [-0.4, -0.2) is 17.9 Å². The fraction of sp³-hybridized carbons (Fsp3) is 0.640. The van der Waals surface area contributed by atoms with Crippen molar-refractivity contribution in [1.82, 2.24) is 0 Å². The summed E-state index contributed by atoms with van der Waals surface area (Å²) < 4.78 is 10.5. The summed E-state index contributed by atoms with van der Waals surface area (Å²) in [4.78, 5) is 11.5. The summed E-state index contributed by atoms with van der Waals surface area (Å²) in [5.74, 6) is 5.86. The average Bonchev–Trinajstić information content (AvgIpc) is 3.19. The van der Waals surface area contributed by atoms with E-state index in [9.17, 15) is 9.90 Å². The summed E-state index contributed by atoms with van der Waals surface area (Å²) in [6.07, 6.45) is 18.1. The van der Waals surface area contributed by atoms with Crippen LogP contribution in [0.4, 0.5) is 0 Å². The van der Waals surface area contributed by atoms with Gasteiger partial charge in [-0.1, -0.05) is 95.8 Å². The first kappa shape index (κ1) is 23.1. The van der Waals surface area contributed by atoms with Crippen LogP contribution in [0, 0.1) is 11.8 Å². The minimum atomic E-state index is -1.03. The highest BCUT2D eigenvalue weighted by Crippen LogP contribution is 2.37. The van der Waals surface area contributed by atoms with Crippen molar-refractivity contribution in [2.24, 2.45) is 0 Å². The molecular weight excluding hydrogens is 364 g/mol. The average molecular weight is 401 g/mol. The molecule has 0 bridgehead atoms. The number of ether oxygens (including phenoxy) is 2. The van der Waals surface area contributed by atoms with Gasteiger partial charge in [-0.3, -0.25) is 0 Å². The summed E-state index contributed by atoms with van der Waals surface area (Å²) in [6, 6.07) is 3.43. The maximum absolute atomic E-state index is 11.5. The lowest BCUT2D eigenvalue weighted by Crippen LogP contribution is -2.02. The van der Waals surface area contributed by atoms with Crippen molar-refractivity contribution in [1.29, 1.82) is 0 Å². The van der Waals surface area contributed by atoms with E-state index >= 15 is 0 Å². The van der Waals surface area contributed by atoms with Gasteiger partial charge in [0.2, 0.25) is 6.79 Å². The fourth-order valence-corrected chi connectivity index (χ4v) is 3.68. The third-order valence-electron chi connectivity index (χ3n) is 5.38. The van der Waals surface area contributed by atoms with Crippen LogP contribution in [0.3, 0.4) is 0 Å². The molecule has 1 aliphatic rings. The van der Waals surface area contributed by atoms with Crippen molar-refractivity contribution in [3.05, 3.63) is 23.3 Å². The van der Waals surface area contributed by atoms with E-state index in [4.69, 9.17) is 9.47 Å². The molecule has 0 atom stereocenters. The number of hydrogen-bond donors (Lipinski definition) is 1. The maximum atomic E-state index is 11.5. The standard InChI is InChI=1S/C25H36O4/c1-2-3-4-5-6-7-8-9-10-11-12-13-14-15-16-17-21-18-19-22-24(29-20-28-22)23(21)25(26)27/h18-19H,2-15,20H2,1H3,(H,26,27). The van der Waals surface area contributed by atoms with Crippen LogP contribution in [-0.2, 0) is 0 Å². The second-order valence-electron chi connectivity index (χ2n) is 7.82. The summed E-state index contributed by atoms with van der Waals surface area (Å²) in [5.41, 5.74) is 0.606. The highest BCUT2D eigenvalue weighted by atomic mass is 16.7. The molecule has 160 valence electrons. The number of carbonyl (C=O) groups is 1. The SMILES string of the molecule is CCCCCCCCCCCCCCCC#Cc1ccc2c(c1C(=O)O)OCO2. The number of fused-ring (bicyclic) bond motifs is 1. The lowest BCUT2D eigenvalue weighted by molar-refractivity contribution is 0.0692. The zero-order valence-electron chi connectivity index (χ0n) is 17.9. The van der Waals surface area contributed by atoms with Crippen LogP contribution in [0.15, 0.2) is 12.1 Å². The van der Waals surface area contributed by atoms with Crippen LogP contribution < -0.4 is 9.47 Å². The molecule has 0 saturated carbocycles. The Morgan fingerprint density at radius 2 is 1.48 bits per heavy atom. The lowest BCUT2D eigenvalue weighted by Gasteiger charge is -2.03. The zero-order chi connectivity index (χ0) is 20.7. The predicted octanol–water partition coefficient (Wildman–Crippen LogP) is 6.95. The summed E-state index contributed by atoms with van der Waals surface area (Å²) in [6.45, 7) is 2.33. The van der Waals surface area contributed by atoms with Crippen LogP contribution in [0.2, 0.25) is 0 Å². The lowest BCUT2D eigenvalue weighted by atomic mass is 10.0. The van der Waals surface area contributed by atoms with Crippen LogP contribution in [0.5, 0.6) is 11.5 Å². The van der Waals surface area contributed by atoms with Gasteiger partial charge in [-0.2, -0.15) is 0 Å². The molecule has 0 spiro atoms. The second kappa shape index (κ2) is 13.9. The third kappa shape index (κ3) is 8.40. The van der Waals surface area contributed by atoms with Gasteiger partial charge >= 0.3 is 5.97 Å². The molecule has 4 heteroatoms. The molecule has 0 amide bonds. The van der Waals surface area contributed by atoms with Gasteiger partial charge in [-0.05, 0) is 18.6 Å². The Labute approximate surface area is 176 Å². The minimum Gasteiger partial charge on any atom is -0.478 e. The molecule has 0 unspecified atom stereocenters. The van der Waals surface area contributed by atoms with Crippen LogP contribution in [0.1, 0.15) is 113 Å². The molecule has 29 heavy (non-hydrogen) atoms. The van der Waals surface area contributed by atoms with E-state index in [-0.39, 0.29) is 12.4 Å². The smallest absolute Gasteiger partial charge is 0.340 e. The van der Waals surface area contributed by atoms with Gasteiger partial charge in [0.25, 0.3) is 0 Å². The number of unbranched alkanes of at least 4 members (excludes halogenated alkanes) is 13. The summed E-state index contributed by atoms with van der Waals surface area (Å²) in [5, 5.41) is 9.45. The normalized spacial score (nSPS) is 11.9. The molecule has 0 aromatic heterocycles. The number of carboxylic acids is 1. The molecule has 1 aromatic rings. The third-order valence-corrected chi connectivity index (χ3v) is 5.38. The number of benzene rings is 1. The van der Waals surface area contributed by atoms with E-state index in [0.717, 1.165) is 12.8 Å². The van der Waals surface area contributed by atoms with Crippen LogP contribution in [0.25, 0.3) is 0 Å². The van der Waals surface area contributed by atoms with Crippen molar-refractivity contribution in [3.63, 3.8) is 0 Å². The van der Waals surface area contributed by atoms with Crippen molar-refractivity contribution >= 4 is 5.97 Å². The predicted molar refractivity (Wildman–Crippen MR) is 117 cm³/mol. The number of carboxylic acid groups (broad SMARTS) is 1. The van der Waals surface area contributed by atoms with Gasteiger partial charge in [0.05, 0.1) is 0 Å². The molecule has 0 aliphatic carbocycles. The van der Waals surface area contributed by atoms with Gasteiger partial charge in [0.1, 0.15) is 5.56 Å². The van der Waals surface area contributed by atoms with Gasteiger partial charge in [0.15, 0.2) is 11.5 Å².